The highest BCUT2D eigenvalue weighted by Crippen LogP contribution is 2.20. The van der Waals surface area contributed by atoms with Gasteiger partial charge in [-0.15, -0.1) is 0 Å². The summed E-state index contributed by atoms with van der Waals surface area (Å²) in [6.07, 6.45) is 0. The molecule has 6 heteroatoms. The van der Waals surface area contributed by atoms with Crippen molar-refractivity contribution in [2.75, 3.05) is 20.8 Å². The predicted molar refractivity (Wildman–Crippen MR) is 108 cm³/mol. The first-order valence-electron chi connectivity index (χ1n) is 9.17. The summed E-state index contributed by atoms with van der Waals surface area (Å²) in [5.41, 5.74) is 2.12. The minimum Gasteiger partial charge on any atom is -0.497 e. The number of halogens is 1. The van der Waals surface area contributed by atoms with Crippen molar-refractivity contribution in [3.05, 3.63) is 75.8 Å². The molecule has 1 atom stereocenters. The van der Waals surface area contributed by atoms with Gasteiger partial charge in [0.15, 0.2) is 0 Å². The molecule has 3 rings (SSSR count). The van der Waals surface area contributed by atoms with Gasteiger partial charge in [-0.3, -0.25) is 9.69 Å². The van der Waals surface area contributed by atoms with E-state index in [1.54, 1.807) is 20.3 Å². The van der Waals surface area contributed by atoms with Crippen LogP contribution >= 0.6 is 0 Å². The van der Waals surface area contributed by atoms with Gasteiger partial charge in [-0.05, 0) is 48.9 Å². The summed E-state index contributed by atoms with van der Waals surface area (Å²) in [4.78, 5) is 17.6. The molecule has 0 saturated carbocycles. The molecule has 0 aliphatic heterocycles. The van der Waals surface area contributed by atoms with E-state index < -0.39 is 0 Å². The summed E-state index contributed by atoms with van der Waals surface area (Å²) >= 11 is 0. The van der Waals surface area contributed by atoms with Crippen molar-refractivity contribution < 1.29 is 13.9 Å². The number of rotatable bonds is 8. The Morgan fingerprint density at radius 3 is 2.64 bits per heavy atom. The van der Waals surface area contributed by atoms with E-state index in [2.05, 4.69) is 9.88 Å². The Bertz CT molecular complexity index is 1000. The van der Waals surface area contributed by atoms with Crippen LogP contribution < -0.4 is 10.3 Å². The van der Waals surface area contributed by atoms with Crippen LogP contribution in [0, 0.1) is 5.82 Å². The second-order valence-corrected chi connectivity index (χ2v) is 6.92. The van der Waals surface area contributed by atoms with Crippen molar-refractivity contribution in [1.82, 2.24) is 9.88 Å². The van der Waals surface area contributed by atoms with Crippen LogP contribution in [0.4, 0.5) is 4.39 Å². The molecular weight excluding hydrogens is 359 g/mol. The molecule has 0 aliphatic rings. The van der Waals surface area contributed by atoms with Crippen molar-refractivity contribution in [2.45, 2.75) is 26.1 Å². The van der Waals surface area contributed by atoms with Gasteiger partial charge >= 0.3 is 0 Å². The van der Waals surface area contributed by atoms with E-state index in [9.17, 15) is 9.18 Å². The first-order chi connectivity index (χ1) is 13.5. The topological polar surface area (TPSA) is 54.6 Å². The van der Waals surface area contributed by atoms with Crippen molar-refractivity contribution in [3.8, 4) is 5.75 Å². The second kappa shape index (κ2) is 8.99. The van der Waals surface area contributed by atoms with Gasteiger partial charge < -0.3 is 14.5 Å². The van der Waals surface area contributed by atoms with Crippen LogP contribution in [0.15, 0.2) is 53.3 Å². The maximum Gasteiger partial charge on any atom is 0.252 e. The lowest BCUT2D eigenvalue weighted by Gasteiger charge is -2.28. The molecule has 148 valence electrons. The third-order valence-electron chi connectivity index (χ3n) is 4.81. The fourth-order valence-electron chi connectivity index (χ4n) is 3.28. The van der Waals surface area contributed by atoms with E-state index in [4.69, 9.17) is 9.47 Å². The molecule has 1 unspecified atom stereocenters. The van der Waals surface area contributed by atoms with Gasteiger partial charge in [0, 0.05) is 42.7 Å². The van der Waals surface area contributed by atoms with Crippen molar-refractivity contribution >= 4 is 10.9 Å². The Labute approximate surface area is 163 Å². The Balaban J connectivity index is 1.92. The summed E-state index contributed by atoms with van der Waals surface area (Å²) in [6.45, 7) is 3.47. The molecular formula is C22H25FN2O3. The molecule has 2 aromatic carbocycles. The van der Waals surface area contributed by atoms with Gasteiger partial charge in [0.25, 0.3) is 5.56 Å². The van der Waals surface area contributed by atoms with E-state index in [0.29, 0.717) is 25.3 Å². The van der Waals surface area contributed by atoms with E-state index >= 15 is 0 Å². The zero-order valence-electron chi connectivity index (χ0n) is 16.4. The first kappa shape index (κ1) is 20.0. The monoisotopic (exact) mass is 384 g/mol. The number of hydrogen-bond donors (Lipinski definition) is 1. The molecule has 3 aromatic rings. The lowest BCUT2D eigenvalue weighted by molar-refractivity contribution is 0.0892. The van der Waals surface area contributed by atoms with Gasteiger partial charge in [0.1, 0.15) is 11.6 Å². The summed E-state index contributed by atoms with van der Waals surface area (Å²) in [7, 11) is 3.26. The highest BCUT2D eigenvalue weighted by atomic mass is 19.1. The van der Waals surface area contributed by atoms with Crippen LogP contribution in [-0.2, 0) is 17.8 Å². The molecule has 1 heterocycles. The van der Waals surface area contributed by atoms with Crippen LogP contribution in [0.5, 0.6) is 5.75 Å². The molecule has 0 aliphatic carbocycles. The van der Waals surface area contributed by atoms with E-state index in [0.717, 1.165) is 22.2 Å². The van der Waals surface area contributed by atoms with Crippen molar-refractivity contribution in [2.24, 2.45) is 0 Å². The third kappa shape index (κ3) is 4.77. The molecule has 0 spiro atoms. The zero-order valence-corrected chi connectivity index (χ0v) is 16.4. The number of H-pyrrole nitrogens is 1. The minimum atomic E-state index is -0.271. The molecule has 28 heavy (non-hydrogen) atoms. The number of aromatic amines is 1. The van der Waals surface area contributed by atoms with E-state index in [-0.39, 0.29) is 17.4 Å². The number of pyridine rings is 1. The Hall–Kier alpha value is -2.70. The standard InChI is InChI=1S/C22H25FN2O3/c1-15(14-27-2)25(12-16-5-4-6-19(23)9-16)13-18-10-17-11-20(28-3)7-8-21(17)24-22(18)26/h4-11,15H,12-14H2,1-3H3,(H,24,26). The molecule has 0 fully saturated rings. The Morgan fingerprint density at radius 2 is 1.93 bits per heavy atom. The normalized spacial score (nSPS) is 12.5. The number of ether oxygens (including phenoxy) is 2. The minimum absolute atomic E-state index is 0.0497. The first-order valence-corrected chi connectivity index (χ1v) is 9.17. The van der Waals surface area contributed by atoms with Crippen molar-refractivity contribution in [1.29, 1.82) is 0 Å². The average molecular weight is 384 g/mol. The molecule has 0 amide bonds. The van der Waals surface area contributed by atoms with Gasteiger partial charge in [-0.25, -0.2) is 4.39 Å². The van der Waals surface area contributed by atoms with Gasteiger partial charge in [-0.2, -0.15) is 0 Å². The largest absolute Gasteiger partial charge is 0.497 e. The quantitative estimate of drug-likeness (QED) is 0.643. The smallest absolute Gasteiger partial charge is 0.252 e. The SMILES string of the molecule is COCC(C)N(Cc1cccc(F)c1)Cc1cc2cc(OC)ccc2[nH]c1=O. The van der Waals surface area contributed by atoms with Gasteiger partial charge in [-0.1, -0.05) is 12.1 Å². The fraction of sp³-hybridized carbons (Fsp3) is 0.318. The molecule has 0 radical (unpaired) electrons. The van der Waals surface area contributed by atoms with Crippen LogP contribution in [0.1, 0.15) is 18.1 Å². The predicted octanol–water partition coefficient (Wildman–Crippen LogP) is 3.71. The van der Waals surface area contributed by atoms with Gasteiger partial charge in [0.05, 0.1) is 13.7 Å². The van der Waals surface area contributed by atoms with Crippen LogP contribution in [0.25, 0.3) is 10.9 Å². The average Bonchev–Trinajstić information content (AvgIpc) is 2.68. The zero-order chi connectivity index (χ0) is 20.1. The number of fused-ring (bicyclic) bond motifs is 1. The number of aromatic nitrogens is 1. The molecule has 1 aromatic heterocycles. The molecule has 0 saturated heterocycles. The van der Waals surface area contributed by atoms with E-state index in [1.807, 2.05) is 37.3 Å². The maximum absolute atomic E-state index is 13.6. The lowest BCUT2D eigenvalue weighted by atomic mass is 10.1. The molecule has 0 bridgehead atoms. The number of hydrogen-bond acceptors (Lipinski definition) is 4. The second-order valence-electron chi connectivity index (χ2n) is 6.92. The number of nitrogens with zero attached hydrogens (tertiary/aromatic N) is 1. The third-order valence-corrected chi connectivity index (χ3v) is 4.81. The Kier molecular flexibility index (Phi) is 6.44. The Morgan fingerprint density at radius 1 is 1.11 bits per heavy atom. The fourth-order valence-corrected chi connectivity index (χ4v) is 3.28. The lowest BCUT2D eigenvalue weighted by Crippen LogP contribution is -2.36. The number of methoxy groups -OCH3 is 2. The summed E-state index contributed by atoms with van der Waals surface area (Å²) in [5, 5.41) is 0.902. The van der Waals surface area contributed by atoms with E-state index in [1.165, 1.54) is 12.1 Å². The van der Waals surface area contributed by atoms with Crippen LogP contribution in [0.2, 0.25) is 0 Å². The van der Waals surface area contributed by atoms with Crippen LogP contribution in [-0.4, -0.2) is 36.8 Å². The molecule has 1 N–H and O–H groups in total. The highest BCUT2D eigenvalue weighted by molar-refractivity contribution is 5.80. The summed E-state index contributed by atoms with van der Waals surface area (Å²) in [5.74, 6) is 0.461. The summed E-state index contributed by atoms with van der Waals surface area (Å²) in [6, 6.07) is 14.0. The maximum atomic E-state index is 13.6. The molecule has 5 nitrogen and oxygen atoms in total. The number of nitrogens with one attached hydrogen (secondary N) is 1. The van der Waals surface area contributed by atoms with Crippen LogP contribution in [0.3, 0.4) is 0 Å². The highest BCUT2D eigenvalue weighted by Gasteiger charge is 2.17. The van der Waals surface area contributed by atoms with Crippen molar-refractivity contribution in [3.63, 3.8) is 0 Å². The van der Waals surface area contributed by atoms with Gasteiger partial charge in [0.2, 0.25) is 0 Å². The summed E-state index contributed by atoms with van der Waals surface area (Å²) < 4.78 is 24.2. The number of benzene rings is 2.